The number of benzene rings is 1. The summed E-state index contributed by atoms with van der Waals surface area (Å²) in [4.78, 5) is 14.4. The number of carbonyl (C=O) groups is 1. The van der Waals surface area contributed by atoms with E-state index in [1.165, 1.54) is 11.3 Å². The van der Waals surface area contributed by atoms with Crippen molar-refractivity contribution in [1.82, 2.24) is 10.2 Å². The van der Waals surface area contributed by atoms with Gasteiger partial charge in [0.05, 0.1) is 25.3 Å². The molecule has 2 aromatic rings. The van der Waals surface area contributed by atoms with Crippen molar-refractivity contribution >= 4 is 39.1 Å². The first-order valence-corrected chi connectivity index (χ1v) is 8.50. The van der Waals surface area contributed by atoms with Gasteiger partial charge in [0.2, 0.25) is 10.3 Å². The Labute approximate surface area is 143 Å². The maximum Gasteiger partial charge on any atom is 0.257 e. The van der Waals surface area contributed by atoms with E-state index in [0.29, 0.717) is 28.9 Å². The molecule has 2 heterocycles. The molecule has 0 bridgehead atoms. The van der Waals surface area contributed by atoms with E-state index in [4.69, 9.17) is 16.3 Å². The van der Waals surface area contributed by atoms with Crippen molar-refractivity contribution in [2.24, 2.45) is 0 Å². The molecule has 0 radical (unpaired) electrons. The summed E-state index contributed by atoms with van der Waals surface area (Å²) in [5.74, 6) is -0.229. The number of hydrogen-bond acceptors (Lipinski definition) is 6. The van der Waals surface area contributed by atoms with E-state index in [9.17, 15) is 4.79 Å². The number of hydrogen-bond donors (Lipinski definition) is 1. The molecule has 1 amide bonds. The van der Waals surface area contributed by atoms with Gasteiger partial charge in [-0.3, -0.25) is 10.1 Å². The minimum atomic E-state index is -0.229. The van der Waals surface area contributed by atoms with Gasteiger partial charge in [-0.25, -0.2) is 0 Å². The van der Waals surface area contributed by atoms with Crippen LogP contribution in [0.5, 0.6) is 0 Å². The lowest BCUT2D eigenvalue weighted by atomic mass is 10.2. The third-order valence-corrected chi connectivity index (χ3v) is 4.73. The monoisotopic (exact) mass is 352 g/mol. The van der Waals surface area contributed by atoms with Crippen molar-refractivity contribution in [2.45, 2.75) is 25.9 Å². The van der Waals surface area contributed by atoms with Crippen molar-refractivity contribution in [3.8, 4) is 0 Å². The number of aromatic nitrogens is 2. The first-order valence-electron chi connectivity index (χ1n) is 7.31. The summed E-state index contributed by atoms with van der Waals surface area (Å²) in [7, 11) is 0. The van der Waals surface area contributed by atoms with E-state index in [-0.39, 0.29) is 18.0 Å². The van der Waals surface area contributed by atoms with Crippen molar-refractivity contribution in [3.63, 3.8) is 0 Å². The smallest absolute Gasteiger partial charge is 0.257 e. The molecule has 1 fully saturated rings. The lowest BCUT2D eigenvalue weighted by Crippen LogP contribution is -2.49. The number of morpholine rings is 1. The van der Waals surface area contributed by atoms with Gasteiger partial charge in [-0.05, 0) is 38.1 Å². The number of amides is 1. The molecular weight excluding hydrogens is 336 g/mol. The summed E-state index contributed by atoms with van der Waals surface area (Å²) < 4.78 is 5.52. The lowest BCUT2D eigenvalue weighted by Gasteiger charge is -2.38. The highest BCUT2D eigenvalue weighted by Gasteiger charge is 2.28. The average Bonchev–Trinajstić information content (AvgIpc) is 2.96. The number of carbonyl (C=O) groups excluding carboxylic acids is 1. The zero-order valence-corrected chi connectivity index (χ0v) is 14.4. The van der Waals surface area contributed by atoms with Gasteiger partial charge in [0.25, 0.3) is 5.91 Å². The van der Waals surface area contributed by atoms with Gasteiger partial charge >= 0.3 is 0 Å². The number of nitrogens with one attached hydrogen (secondary N) is 1. The lowest BCUT2D eigenvalue weighted by molar-refractivity contribution is 0.0756. The molecule has 3 rings (SSSR count). The van der Waals surface area contributed by atoms with Crippen molar-refractivity contribution in [2.75, 3.05) is 23.4 Å². The predicted octanol–water partition coefficient (Wildman–Crippen LogP) is 3.06. The zero-order valence-electron chi connectivity index (χ0n) is 12.8. The maximum absolute atomic E-state index is 12.2. The van der Waals surface area contributed by atoms with Crippen LogP contribution in [-0.4, -0.2) is 41.4 Å². The summed E-state index contributed by atoms with van der Waals surface area (Å²) in [6.45, 7) is 5.50. The first kappa shape index (κ1) is 16.2. The molecule has 1 saturated heterocycles. The Morgan fingerprint density at radius 1 is 1.26 bits per heavy atom. The second-order valence-corrected chi connectivity index (χ2v) is 6.89. The molecule has 6 nitrogen and oxygen atoms in total. The summed E-state index contributed by atoms with van der Waals surface area (Å²) in [6.07, 6.45) is 0. The van der Waals surface area contributed by atoms with Crippen LogP contribution in [-0.2, 0) is 4.74 Å². The van der Waals surface area contributed by atoms with Crippen LogP contribution in [0.3, 0.4) is 0 Å². The molecule has 122 valence electrons. The second kappa shape index (κ2) is 6.82. The third-order valence-electron chi connectivity index (χ3n) is 3.63. The number of ether oxygens (including phenoxy) is 1. The number of anilines is 2. The normalized spacial score (nSPS) is 21.3. The van der Waals surface area contributed by atoms with Gasteiger partial charge in [-0.2, -0.15) is 0 Å². The van der Waals surface area contributed by atoms with E-state index in [2.05, 4.69) is 34.3 Å². The first-order chi connectivity index (χ1) is 11.0. The van der Waals surface area contributed by atoms with Gasteiger partial charge in [-0.15, -0.1) is 10.2 Å². The van der Waals surface area contributed by atoms with E-state index in [1.807, 2.05) is 0 Å². The fourth-order valence-electron chi connectivity index (χ4n) is 2.52. The van der Waals surface area contributed by atoms with E-state index >= 15 is 0 Å². The Bertz CT molecular complexity index is 681. The topological polar surface area (TPSA) is 67.3 Å². The molecule has 0 spiro atoms. The Morgan fingerprint density at radius 3 is 2.57 bits per heavy atom. The zero-order chi connectivity index (χ0) is 16.4. The molecule has 0 saturated carbocycles. The molecule has 0 aliphatic carbocycles. The van der Waals surface area contributed by atoms with Crippen LogP contribution in [0.4, 0.5) is 10.3 Å². The third kappa shape index (κ3) is 3.63. The summed E-state index contributed by atoms with van der Waals surface area (Å²) in [5, 5.41) is 12.9. The molecule has 0 unspecified atom stereocenters. The number of halogens is 1. The Balaban J connectivity index is 1.71. The van der Waals surface area contributed by atoms with Crippen LogP contribution in [0.25, 0.3) is 0 Å². The Morgan fingerprint density at radius 2 is 1.91 bits per heavy atom. The largest absolute Gasteiger partial charge is 0.377 e. The molecule has 8 heteroatoms. The van der Waals surface area contributed by atoms with E-state index in [1.54, 1.807) is 24.3 Å². The van der Waals surface area contributed by atoms with Crippen LogP contribution in [0.15, 0.2) is 24.3 Å². The fourth-order valence-corrected chi connectivity index (χ4v) is 3.59. The SMILES string of the molecule is C[C@@H]1COC[C@H](C)N1c1nnc(NC(=O)c2ccc(Cl)cc2)s1. The average molecular weight is 353 g/mol. The van der Waals surface area contributed by atoms with Crippen molar-refractivity contribution in [3.05, 3.63) is 34.9 Å². The highest BCUT2D eigenvalue weighted by Crippen LogP contribution is 2.29. The van der Waals surface area contributed by atoms with Gasteiger partial charge in [0.1, 0.15) is 0 Å². The van der Waals surface area contributed by atoms with Crippen LogP contribution >= 0.6 is 22.9 Å². The number of rotatable bonds is 3. The molecule has 1 N–H and O–H groups in total. The van der Waals surface area contributed by atoms with Crippen LogP contribution in [0, 0.1) is 0 Å². The molecule has 2 atom stereocenters. The van der Waals surface area contributed by atoms with Gasteiger partial charge < -0.3 is 9.64 Å². The van der Waals surface area contributed by atoms with Gasteiger partial charge in [0, 0.05) is 10.6 Å². The quantitative estimate of drug-likeness (QED) is 0.919. The standard InChI is InChI=1S/C15H17ClN4O2S/c1-9-7-22-8-10(2)20(9)15-19-18-14(23-15)17-13(21)11-3-5-12(16)6-4-11/h3-6,9-10H,7-8H2,1-2H3,(H,17,18,21)/t9-,10+. The Hall–Kier alpha value is -1.70. The summed E-state index contributed by atoms with van der Waals surface area (Å²) in [6, 6.07) is 7.16. The van der Waals surface area contributed by atoms with Gasteiger partial charge in [0.15, 0.2) is 0 Å². The van der Waals surface area contributed by atoms with E-state index < -0.39 is 0 Å². The minimum Gasteiger partial charge on any atom is -0.377 e. The van der Waals surface area contributed by atoms with Crippen LogP contribution in [0.2, 0.25) is 5.02 Å². The van der Waals surface area contributed by atoms with Gasteiger partial charge in [-0.1, -0.05) is 22.9 Å². The van der Waals surface area contributed by atoms with Crippen molar-refractivity contribution < 1.29 is 9.53 Å². The highest BCUT2D eigenvalue weighted by atomic mass is 35.5. The fraction of sp³-hybridized carbons (Fsp3) is 0.400. The molecule has 1 aliphatic heterocycles. The van der Waals surface area contributed by atoms with E-state index in [0.717, 1.165) is 5.13 Å². The van der Waals surface area contributed by atoms with Crippen LogP contribution < -0.4 is 10.2 Å². The summed E-state index contributed by atoms with van der Waals surface area (Å²) >= 11 is 7.19. The maximum atomic E-state index is 12.2. The predicted molar refractivity (Wildman–Crippen MR) is 91.5 cm³/mol. The number of nitrogens with zero attached hydrogens (tertiary/aromatic N) is 3. The van der Waals surface area contributed by atoms with Crippen molar-refractivity contribution in [1.29, 1.82) is 0 Å². The molecule has 1 aliphatic rings. The summed E-state index contributed by atoms with van der Waals surface area (Å²) in [5.41, 5.74) is 0.527. The second-order valence-electron chi connectivity index (χ2n) is 5.49. The molecule has 1 aromatic carbocycles. The van der Waals surface area contributed by atoms with Crippen LogP contribution in [0.1, 0.15) is 24.2 Å². The minimum absolute atomic E-state index is 0.228. The highest BCUT2D eigenvalue weighted by molar-refractivity contribution is 7.19. The Kier molecular flexibility index (Phi) is 4.79. The molecule has 23 heavy (non-hydrogen) atoms. The molecular formula is C15H17ClN4O2S. The molecule has 1 aromatic heterocycles.